The average molecular weight is 505 g/mol. The molecule has 5 N–H and O–H groups in total. The first kappa shape index (κ1) is 31.3. The molecule has 0 aromatic carbocycles. The van der Waals surface area contributed by atoms with E-state index in [0.717, 1.165) is 9.80 Å². The largest absolute Gasteiger partial charge is 0.480 e. The number of carbonyl (C=O) groups is 6. The molecule has 0 aliphatic carbocycles. The highest BCUT2D eigenvalue weighted by atomic mass is 16.6. The van der Waals surface area contributed by atoms with E-state index >= 15 is 0 Å². The number of rotatable bonds is 19. The average Bonchev–Trinajstić information content (AvgIpc) is 2.68. The van der Waals surface area contributed by atoms with Gasteiger partial charge in [0.2, 0.25) is 0 Å². The Hall–Kier alpha value is -3.72. The topological polar surface area (TPSA) is 220 Å². The number of alkyl carbamates (subject to hydrolysis) is 1. The Morgan fingerprint density at radius 3 is 1.57 bits per heavy atom. The van der Waals surface area contributed by atoms with Crippen LogP contribution in [-0.4, -0.2) is 125 Å². The SMILES string of the molecule is C=C(C)C(=O)OCCNC(=O)OCCC(CN(CC(=O)O)CC(=O)O)CN(CC(=O)O)CC(=O)O. The highest BCUT2D eigenvalue weighted by molar-refractivity contribution is 5.86. The van der Waals surface area contributed by atoms with Crippen molar-refractivity contribution in [2.24, 2.45) is 5.92 Å². The van der Waals surface area contributed by atoms with Gasteiger partial charge in [0.05, 0.1) is 39.3 Å². The molecule has 0 unspecified atom stereocenters. The molecular formula is C20H31N3O12. The molecule has 0 spiro atoms. The number of ether oxygens (including phenoxy) is 2. The lowest BCUT2D eigenvalue weighted by molar-refractivity contribution is -0.143. The number of nitrogens with zero attached hydrogens (tertiary/aromatic N) is 2. The number of aliphatic carboxylic acids is 4. The Morgan fingerprint density at radius 1 is 0.771 bits per heavy atom. The van der Waals surface area contributed by atoms with Crippen molar-refractivity contribution in [2.75, 3.05) is 59.0 Å². The third-order valence-corrected chi connectivity index (χ3v) is 4.18. The summed E-state index contributed by atoms with van der Waals surface area (Å²) < 4.78 is 9.80. The van der Waals surface area contributed by atoms with Crippen LogP contribution < -0.4 is 5.32 Å². The minimum absolute atomic E-state index is 0.0444. The van der Waals surface area contributed by atoms with E-state index in [2.05, 4.69) is 11.9 Å². The second-order valence-corrected chi connectivity index (χ2v) is 7.55. The number of hydrogen-bond donors (Lipinski definition) is 5. The molecule has 0 fully saturated rings. The van der Waals surface area contributed by atoms with Gasteiger partial charge in [-0.3, -0.25) is 29.0 Å². The summed E-state index contributed by atoms with van der Waals surface area (Å²) in [5.41, 5.74) is 0.193. The molecule has 0 aromatic heterocycles. The molecule has 198 valence electrons. The maximum absolute atomic E-state index is 11.8. The number of carboxylic acid groups (broad SMARTS) is 4. The minimum atomic E-state index is -1.29. The van der Waals surface area contributed by atoms with E-state index in [1.165, 1.54) is 6.92 Å². The first-order valence-electron chi connectivity index (χ1n) is 10.3. The van der Waals surface area contributed by atoms with Crippen LogP contribution in [0.2, 0.25) is 0 Å². The van der Waals surface area contributed by atoms with Crippen LogP contribution in [0, 0.1) is 5.92 Å². The van der Waals surface area contributed by atoms with Gasteiger partial charge in [-0.25, -0.2) is 9.59 Å². The van der Waals surface area contributed by atoms with Crippen molar-refractivity contribution in [3.8, 4) is 0 Å². The van der Waals surface area contributed by atoms with E-state index < -0.39 is 68.0 Å². The standard InChI is InChI=1S/C20H31N3O12/c1-13(2)19(32)34-6-4-21-20(33)35-5-3-14(7-22(9-15(24)25)10-16(26)27)8-23(11-17(28)29)12-18(30)31/h14H,1,3-12H2,2H3,(H,21,33)(H,24,25)(H,26,27)(H,28,29)(H,30,31). The molecule has 0 heterocycles. The van der Waals surface area contributed by atoms with E-state index in [-0.39, 0.29) is 44.8 Å². The molecule has 1 amide bonds. The summed E-state index contributed by atoms with van der Waals surface area (Å²) in [6.45, 7) is 1.72. The van der Waals surface area contributed by atoms with Crippen LogP contribution >= 0.6 is 0 Å². The van der Waals surface area contributed by atoms with E-state index in [1.54, 1.807) is 0 Å². The van der Waals surface area contributed by atoms with Crippen LogP contribution in [0.15, 0.2) is 12.2 Å². The molecule has 0 aromatic rings. The van der Waals surface area contributed by atoms with Gasteiger partial charge in [0, 0.05) is 18.7 Å². The zero-order valence-corrected chi connectivity index (χ0v) is 19.3. The van der Waals surface area contributed by atoms with Crippen molar-refractivity contribution in [3.63, 3.8) is 0 Å². The molecule has 35 heavy (non-hydrogen) atoms. The van der Waals surface area contributed by atoms with Gasteiger partial charge in [-0.05, 0) is 19.3 Å². The second-order valence-electron chi connectivity index (χ2n) is 7.55. The first-order chi connectivity index (χ1) is 16.3. The van der Waals surface area contributed by atoms with Crippen molar-refractivity contribution in [1.82, 2.24) is 15.1 Å². The summed E-state index contributed by atoms with van der Waals surface area (Å²) in [4.78, 5) is 69.6. The highest BCUT2D eigenvalue weighted by Gasteiger charge is 2.24. The van der Waals surface area contributed by atoms with Gasteiger partial charge >= 0.3 is 35.9 Å². The fourth-order valence-corrected chi connectivity index (χ4v) is 2.90. The predicted octanol–water partition coefficient (Wildman–Crippen LogP) is -1.22. The summed E-state index contributed by atoms with van der Waals surface area (Å²) in [5, 5.41) is 38.5. The van der Waals surface area contributed by atoms with Gasteiger partial charge in [-0.1, -0.05) is 6.58 Å². The molecule has 0 atom stereocenters. The number of carboxylic acids is 4. The quantitative estimate of drug-likeness (QED) is 0.0789. The lowest BCUT2D eigenvalue weighted by Gasteiger charge is -2.29. The molecule has 0 rings (SSSR count). The predicted molar refractivity (Wildman–Crippen MR) is 117 cm³/mol. The van der Waals surface area contributed by atoms with Gasteiger partial charge in [0.15, 0.2) is 0 Å². The summed E-state index contributed by atoms with van der Waals surface area (Å²) >= 11 is 0. The zero-order chi connectivity index (χ0) is 27.0. The molecule has 0 bridgehead atoms. The minimum Gasteiger partial charge on any atom is -0.480 e. The van der Waals surface area contributed by atoms with Crippen LogP contribution in [-0.2, 0) is 33.4 Å². The van der Waals surface area contributed by atoms with Crippen molar-refractivity contribution in [3.05, 3.63) is 12.2 Å². The molecule has 0 aliphatic heterocycles. The number of esters is 1. The lowest BCUT2D eigenvalue weighted by Crippen LogP contribution is -2.44. The first-order valence-corrected chi connectivity index (χ1v) is 10.3. The van der Waals surface area contributed by atoms with Crippen LogP contribution in [0.25, 0.3) is 0 Å². The second kappa shape index (κ2) is 16.8. The molecular weight excluding hydrogens is 474 g/mol. The van der Waals surface area contributed by atoms with Crippen LogP contribution in [0.5, 0.6) is 0 Å². The van der Waals surface area contributed by atoms with Gasteiger partial charge in [-0.15, -0.1) is 0 Å². The maximum Gasteiger partial charge on any atom is 0.407 e. The molecule has 15 nitrogen and oxygen atoms in total. The molecule has 0 saturated heterocycles. The van der Waals surface area contributed by atoms with Crippen LogP contribution in [0.1, 0.15) is 13.3 Å². The van der Waals surface area contributed by atoms with Gasteiger partial charge in [0.25, 0.3) is 0 Å². The summed E-state index contributed by atoms with van der Waals surface area (Å²) in [5.74, 6) is -6.43. The Balaban J connectivity index is 5.05. The Kier molecular flexibility index (Phi) is 15.0. The maximum atomic E-state index is 11.8. The van der Waals surface area contributed by atoms with Gasteiger partial charge in [-0.2, -0.15) is 0 Å². The van der Waals surface area contributed by atoms with E-state index in [4.69, 9.17) is 29.9 Å². The third-order valence-electron chi connectivity index (χ3n) is 4.18. The van der Waals surface area contributed by atoms with Crippen LogP contribution in [0.3, 0.4) is 0 Å². The number of nitrogens with one attached hydrogen (secondary N) is 1. The normalized spacial score (nSPS) is 10.7. The Labute approximate surface area is 200 Å². The van der Waals surface area contributed by atoms with Crippen LogP contribution in [0.4, 0.5) is 4.79 Å². The summed E-state index contributed by atoms with van der Waals surface area (Å²) in [6.07, 6.45) is -0.806. The van der Waals surface area contributed by atoms with Crippen molar-refractivity contribution in [2.45, 2.75) is 13.3 Å². The zero-order valence-electron chi connectivity index (χ0n) is 19.3. The summed E-state index contributed by atoms with van der Waals surface area (Å²) in [7, 11) is 0. The lowest BCUT2D eigenvalue weighted by atomic mass is 10.0. The smallest absolute Gasteiger partial charge is 0.407 e. The van der Waals surface area contributed by atoms with E-state index in [1.807, 2.05) is 0 Å². The Morgan fingerprint density at radius 2 is 1.20 bits per heavy atom. The van der Waals surface area contributed by atoms with E-state index in [0.29, 0.717) is 0 Å². The van der Waals surface area contributed by atoms with Crippen molar-refractivity contribution < 1.29 is 58.7 Å². The molecule has 0 aliphatic rings. The van der Waals surface area contributed by atoms with Gasteiger partial charge < -0.3 is 35.2 Å². The molecule has 0 radical (unpaired) electrons. The number of carbonyl (C=O) groups excluding carboxylic acids is 2. The van der Waals surface area contributed by atoms with Gasteiger partial charge in [0.1, 0.15) is 6.61 Å². The Bertz CT molecular complexity index is 715. The van der Waals surface area contributed by atoms with Crippen molar-refractivity contribution in [1.29, 1.82) is 0 Å². The highest BCUT2D eigenvalue weighted by Crippen LogP contribution is 2.10. The third kappa shape index (κ3) is 17.4. The summed E-state index contributed by atoms with van der Waals surface area (Å²) in [6, 6.07) is 0. The van der Waals surface area contributed by atoms with Crippen molar-refractivity contribution >= 4 is 35.9 Å². The fourth-order valence-electron chi connectivity index (χ4n) is 2.90. The van der Waals surface area contributed by atoms with E-state index in [9.17, 15) is 28.8 Å². The molecule has 0 saturated carbocycles. The molecule has 15 heteroatoms. The number of hydrogen-bond acceptors (Lipinski definition) is 10. The monoisotopic (exact) mass is 505 g/mol. The number of amides is 1. The fraction of sp³-hybridized carbons (Fsp3) is 0.600.